The monoisotopic (exact) mass is 402 g/mol. The topological polar surface area (TPSA) is 66.9 Å². The predicted molar refractivity (Wildman–Crippen MR) is 108 cm³/mol. The van der Waals surface area contributed by atoms with Crippen molar-refractivity contribution in [3.63, 3.8) is 0 Å². The van der Waals surface area contributed by atoms with Crippen LogP contribution < -0.4 is 4.74 Å². The zero-order chi connectivity index (χ0) is 20.3. The minimum Gasteiger partial charge on any atom is -0.495 e. The molecule has 2 aromatic carbocycles. The molecule has 1 amide bonds. The van der Waals surface area contributed by atoms with E-state index in [9.17, 15) is 13.2 Å². The van der Waals surface area contributed by atoms with Crippen molar-refractivity contribution in [2.45, 2.75) is 30.2 Å². The van der Waals surface area contributed by atoms with Crippen LogP contribution in [0.4, 0.5) is 0 Å². The quantitative estimate of drug-likeness (QED) is 0.745. The second kappa shape index (κ2) is 8.32. The summed E-state index contributed by atoms with van der Waals surface area (Å²) in [5, 5.41) is 0. The molecule has 1 fully saturated rings. The van der Waals surface area contributed by atoms with Crippen molar-refractivity contribution >= 4 is 15.9 Å². The Bertz CT molecular complexity index is 942. The van der Waals surface area contributed by atoms with E-state index in [0.717, 1.165) is 23.6 Å². The van der Waals surface area contributed by atoms with Gasteiger partial charge in [-0.15, -0.1) is 0 Å². The Morgan fingerprint density at radius 2 is 1.89 bits per heavy atom. The Labute approximate surface area is 166 Å². The molecule has 0 aliphatic carbocycles. The molecule has 2 aromatic rings. The molecule has 0 aromatic heterocycles. The van der Waals surface area contributed by atoms with Gasteiger partial charge in [-0.2, -0.15) is 0 Å². The molecule has 28 heavy (non-hydrogen) atoms. The highest BCUT2D eigenvalue weighted by atomic mass is 32.2. The summed E-state index contributed by atoms with van der Waals surface area (Å²) in [4.78, 5) is 15.0. The van der Waals surface area contributed by atoms with Crippen LogP contribution in [0, 0.1) is 0 Å². The third kappa shape index (κ3) is 4.05. The molecular weight excluding hydrogens is 376 g/mol. The number of carbonyl (C=O) groups is 1. The molecule has 1 aliphatic rings. The van der Waals surface area contributed by atoms with Crippen molar-refractivity contribution in [3.05, 3.63) is 59.7 Å². The van der Waals surface area contributed by atoms with E-state index in [1.54, 1.807) is 12.1 Å². The van der Waals surface area contributed by atoms with Crippen LogP contribution >= 0.6 is 0 Å². The van der Waals surface area contributed by atoms with Crippen LogP contribution in [0.2, 0.25) is 0 Å². The number of sulfonamides is 1. The third-order valence-electron chi connectivity index (χ3n) is 5.12. The van der Waals surface area contributed by atoms with Crippen LogP contribution in [0.15, 0.2) is 53.4 Å². The number of ether oxygens (including phenoxy) is 1. The molecule has 7 heteroatoms. The van der Waals surface area contributed by atoms with E-state index in [4.69, 9.17) is 4.74 Å². The van der Waals surface area contributed by atoms with Gasteiger partial charge in [-0.05, 0) is 43.0 Å². The molecule has 1 aliphatic heterocycles. The Kier molecular flexibility index (Phi) is 6.05. The standard InChI is InChI=1S/C21H26N2O4S/c1-22(2)28(25,26)20-15-17(11-12-19(20)27-3)21(24)23-13-7-10-18(23)14-16-8-5-4-6-9-16/h4-6,8-9,11-12,15,18H,7,10,13-14H2,1-3H3. The smallest absolute Gasteiger partial charge is 0.254 e. The summed E-state index contributed by atoms with van der Waals surface area (Å²) in [5.41, 5.74) is 1.55. The summed E-state index contributed by atoms with van der Waals surface area (Å²) in [6.45, 7) is 0.679. The highest BCUT2D eigenvalue weighted by Gasteiger charge is 2.31. The Hall–Kier alpha value is -2.38. The second-order valence-electron chi connectivity index (χ2n) is 7.14. The van der Waals surface area contributed by atoms with Gasteiger partial charge >= 0.3 is 0 Å². The molecular formula is C21H26N2O4S. The fourth-order valence-electron chi connectivity index (χ4n) is 3.58. The lowest BCUT2D eigenvalue weighted by Gasteiger charge is -2.25. The summed E-state index contributed by atoms with van der Waals surface area (Å²) < 4.78 is 31.6. The van der Waals surface area contributed by atoms with Crippen molar-refractivity contribution in [2.24, 2.45) is 0 Å². The van der Waals surface area contributed by atoms with E-state index in [2.05, 4.69) is 12.1 Å². The zero-order valence-electron chi connectivity index (χ0n) is 16.5. The van der Waals surface area contributed by atoms with Gasteiger partial charge < -0.3 is 9.64 Å². The van der Waals surface area contributed by atoms with E-state index in [1.807, 2.05) is 23.1 Å². The maximum absolute atomic E-state index is 13.2. The number of rotatable bonds is 6. The van der Waals surface area contributed by atoms with Crippen LogP contribution in [0.1, 0.15) is 28.8 Å². The lowest BCUT2D eigenvalue weighted by Crippen LogP contribution is -2.37. The van der Waals surface area contributed by atoms with Gasteiger partial charge in [0.25, 0.3) is 5.91 Å². The van der Waals surface area contributed by atoms with Crippen molar-refractivity contribution in [3.8, 4) is 5.75 Å². The molecule has 6 nitrogen and oxygen atoms in total. The number of hydrogen-bond donors (Lipinski definition) is 0. The van der Waals surface area contributed by atoms with Crippen molar-refractivity contribution in [1.82, 2.24) is 9.21 Å². The number of likely N-dealkylation sites (tertiary alicyclic amines) is 1. The van der Waals surface area contributed by atoms with Crippen LogP contribution in [-0.4, -0.2) is 57.3 Å². The van der Waals surface area contributed by atoms with E-state index in [0.29, 0.717) is 12.1 Å². The van der Waals surface area contributed by atoms with Gasteiger partial charge in [-0.3, -0.25) is 4.79 Å². The fraction of sp³-hybridized carbons (Fsp3) is 0.381. The lowest BCUT2D eigenvalue weighted by molar-refractivity contribution is 0.0736. The first-order valence-corrected chi connectivity index (χ1v) is 10.7. The SMILES string of the molecule is COc1ccc(C(=O)N2CCCC2Cc2ccccc2)cc1S(=O)(=O)N(C)C. The van der Waals surface area contributed by atoms with Crippen molar-refractivity contribution < 1.29 is 17.9 Å². The van der Waals surface area contributed by atoms with Crippen molar-refractivity contribution in [1.29, 1.82) is 0 Å². The molecule has 0 radical (unpaired) electrons. The average Bonchev–Trinajstić information content (AvgIpc) is 3.15. The minimum absolute atomic E-state index is 0.00431. The molecule has 3 rings (SSSR count). The fourth-order valence-corrected chi connectivity index (χ4v) is 4.65. The molecule has 1 heterocycles. The Morgan fingerprint density at radius 3 is 2.54 bits per heavy atom. The molecule has 0 bridgehead atoms. The maximum Gasteiger partial charge on any atom is 0.254 e. The number of hydrogen-bond acceptors (Lipinski definition) is 4. The van der Waals surface area contributed by atoms with Gasteiger partial charge in [-0.25, -0.2) is 12.7 Å². The maximum atomic E-state index is 13.2. The summed E-state index contributed by atoms with van der Waals surface area (Å²) in [7, 11) is 0.611. The number of benzene rings is 2. The molecule has 1 saturated heterocycles. The van der Waals surface area contributed by atoms with Gasteiger partial charge in [0.1, 0.15) is 10.6 Å². The molecule has 0 spiro atoms. The predicted octanol–water partition coefficient (Wildman–Crippen LogP) is 2.79. The third-order valence-corrected chi connectivity index (χ3v) is 6.96. The van der Waals surface area contributed by atoms with Crippen LogP contribution in [0.25, 0.3) is 0 Å². The first kappa shape index (κ1) is 20.4. The minimum atomic E-state index is -3.72. The molecule has 1 unspecified atom stereocenters. The molecule has 0 saturated carbocycles. The molecule has 150 valence electrons. The highest BCUT2D eigenvalue weighted by molar-refractivity contribution is 7.89. The van der Waals surface area contributed by atoms with E-state index < -0.39 is 10.0 Å². The van der Waals surface area contributed by atoms with E-state index >= 15 is 0 Å². The largest absolute Gasteiger partial charge is 0.495 e. The second-order valence-corrected chi connectivity index (χ2v) is 9.26. The van der Waals surface area contributed by atoms with Crippen LogP contribution in [0.5, 0.6) is 5.75 Å². The summed E-state index contributed by atoms with van der Waals surface area (Å²) >= 11 is 0. The molecule has 0 N–H and O–H groups in total. The van der Waals surface area contributed by atoms with Crippen molar-refractivity contribution in [2.75, 3.05) is 27.7 Å². The summed E-state index contributed by atoms with van der Waals surface area (Å²) in [6.07, 6.45) is 2.69. The number of carbonyl (C=O) groups excluding carboxylic acids is 1. The van der Waals surface area contributed by atoms with Gasteiger partial charge in [0.2, 0.25) is 10.0 Å². The zero-order valence-corrected chi connectivity index (χ0v) is 17.3. The Morgan fingerprint density at radius 1 is 1.18 bits per heavy atom. The number of methoxy groups -OCH3 is 1. The highest BCUT2D eigenvalue weighted by Crippen LogP contribution is 2.29. The van der Waals surface area contributed by atoms with Crippen LogP contribution in [0.3, 0.4) is 0 Å². The number of amides is 1. The Balaban J connectivity index is 1.89. The number of nitrogens with zero attached hydrogens (tertiary/aromatic N) is 2. The average molecular weight is 403 g/mol. The van der Waals surface area contributed by atoms with Gasteiger partial charge in [0.15, 0.2) is 0 Å². The van der Waals surface area contributed by atoms with Crippen LogP contribution in [-0.2, 0) is 16.4 Å². The normalized spacial score (nSPS) is 17.1. The summed E-state index contributed by atoms with van der Waals surface area (Å²) in [6, 6.07) is 14.8. The molecule has 1 atom stereocenters. The van der Waals surface area contributed by atoms with Gasteiger partial charge in [0, 0.05) is 32.2 Å². The van der Waals surface area contributed by atoms with Gasteiger partial charge in [-0.1, -0.05) is 30.3 Å². The van der Waals surface area contributed by atoms with Gasteiger partial charge in [0.05, 0.1) is 7.11 Å². The summed E-state index contributed by atoms with van der Waals surface area (Å²) in [5.74, 6) is 0.0868. The lowest BCUT2D eigenvalue weighted by atomic mass is 10.0. The first-order chi connectivity index (χ1) is 13.3. The van der Waals surface area contributed by atoms with E-state index in [1.165, 1.54) is 32.8 Å². The first-order valence-electron chi connectivity index (χ1n) is 9.30. The van der Waals surface area contributed by atoms with E-state index in [-0.39, 0.29) is 22.6 Å².